The first-order chi connectivity index (χ1) is 18.5. The molecule has 0 aliphatic carbocycles. The normalized spacial score (nSPS) is 16.6. The highest BCUT2D eigenvalue weighted by Gasteiger charge is 2.40. The lowest BCUT2D eigenvalue weighted by Crippen LogP contribution is -2.40. The Morgan fingerprint density at radius 1 is 1.08 bits per heavy atom. The summed E-state index contributed by atoms with van der Waals surface area (Å²) in [6.45, 7) is 0.149. The Morgan fingerprint density at radius 3 is 2.59 bits per heavy atom. The molecule has 1 aliphatic heterocycles. The first-order valence-electron chi connectivity index (χ1n) is 11.9. The van der Waals surface area contributed by atoms with Crippen molar-refractivity contribution >= 4 is 26.8 Å². The van der Waals surface area contributed by atoms with E-state index in [4.69, 9.17) is 4.42 Å². The Hall–Kier alpha value is -3.84. The maximum Gasteiger partial charge on any atom is 0.573 e. The predicted molar refractivity (Wildman–Crippen MR) is 131 cm³/mol. The Labute approximate surface area is 220 Å². The minimum Gasteiger partial charge on any atom is -0.443 e. The van der Waals surface area contributed by atoms with Gasteiger partial charge in [0.2, 0.25) is 5.09 Å². The minimum absolute atomic E-state index is 0.0108. The number of halogens is 4. The fraction of sp³-hybridized carbons (Fsp3) is 0.269. The molecule has 1 fully saturated rings. The van der Waals surface area contributed by atoms with Crippen LogP contribution in [0.2, 0.25) is 0 Å². The van der Waals surface area contributed by atoms with Crippen LogP contribution in [0.5, 0.6) is 5.75 Å². The predicted octanol–water partition coefficient (Wildman–Crippen LogP) is 5.28. The second-order valence-electron chi connectivity index (χ2n) is 8.95. The van der Waals surface area contributed by atoms with E-state index in [2.05, 4.69) is 14.7 Å². The third-order valence-electron chi connectivity index (χ3n) is 6.33. The molecule has 0 radical (unpaired) electrons. The van der Waals surface area contributed by atoms with Crippen molar-refractivity contribution in [1.29, 1.82) is 0 Å². The number of nitrogens with zero attached hydrogens (tertiary/aromatic N) is 3. The second kappa shape index (κ2) is 10.4. The van der Waals surface area contributed by atoms with E-state index in [0.29, 0.717) is 35.2 Å². The summed E-state index contributed by atoms with van der Waals surface area (Å²) in [6, 6.07) is 10.9. The summed E-state index contributed by atoms with van der Waals surface area (Å²) in [6.07, 6.45) is -2.44. The molecule has 0 saturated carbocycles. The smallest absolute Gasteiger partial charge is 0.443 e. The average Bonchev–Trinajstić information content (AvgIpc) is 3.55. The summed E-state index contributed by atoms with van der Waals surface area (Å²) < 4.78 is 87.7. The maximum atomic E-state index is 13.5. The number of hydrogen-bond acceptors (Lipinski definition) is 7. The Morgan fingerprint density at radius 2 is 1.85 bits per heavy atom. The molecule has 5 rings (SSSR count). The van der Waals surface area contributed by atoms with Gasteiger partial charge < -0.3 is 9.15 Å². The molecule has 204 valence electrons. The Kier molecular flexibility index (Phi) is 7.12. The minimum atomic E-state index is -4.80. The number of carbonyl (C=O) groups excluding carboxylic acids is 1. The van der Waals surface area contributed by atoms with Crippen LogP contribution in [0.15, 0.2) is 70.4 Å². The van der Waals surface area contributed by atoms with Crippen LogP contribution < -0.4 is 4.74 Å². The zero-order valence-electron chi connectivity index (χ0n) is 20.2. The topological polar surface area (TPSA) is 103 Å². The van der Waals surface area contributed by atoms with Crippen molar-refractivity contribution in [1.82, 2.24) is 14.3 Å². The SMILES string of the molecule is O=C(CCc1cc(-c2ccc(OC(F)(F)F)cc2)ncn1)[C@@H]1CCCN1S(=O)(=O)c1cc2cc(F)ccc2o1. The van der Waals surface area contributed by atoms with Gasteiger partial charge >= 0.3 is 6.36 Å². The third-order valence-corrected chi connectivity index (χ3v) is 8.09. The van der Waals surface area contributed by atoms with Gasteiger partial charge in [-0.3, -0.25) is 4.79 Å². The molecule has 39 heavy (non-hydrogen) atoms. The Bertz CT molecular complexity index is 1620. The van der Waals surface area contributed by atoms with Gasteiger partial charge in [0.25, 0.3) is 10.0 Å². The molecule has 0 amide bonds. The van der Waals surface area contributed by atoms with E-state index in [-0.39, 0.29) is 41.6 Å². The Balaban J connectivity index is 1.26. The molecule has 3 heterocycles. The number of furan rings is 1. The van der Waals surface area contributed by atoms with Crippen LogP contribution in [0.3, 0.4) is 0 Å². The van der Waals surface area contributed by atoms with E-state index in [1.54, 1.807) is 6.07 Å². The van der Waals surface area contributed by atoms with Crippen molar-refractivity contribution in [3.8, 4) is 17.0 Å². The highest BCUT2D eigenvalue weighted by atomic mass is 32.2. The summed E-state index contributed by atoms with van der Waals surface area (Å²) in [5.74, 6) is -1.18. The van der Waals surface area contributed by atoms with E-state index in [9.17, 15) is 30.8 Å². The number of ether oxygens (including phenoxy) is 1. The summed E-state index contributed by atoms with van der Waals surface area (Å²) in [7, 11) is -4.13. The van der Waals surface area contributed by atoms with Crippen molar-refractivity contribution in [3.63, 3.8) is 0 Å². The van der Waals surface area contributed by atoms with Gasteiger partial charge in [-0.25, -0.2) is 22.8 Å². The fourth-order valence-electron chi connectivity index (χ4n) is 4.52. The maximum absolute atomic E-state index is 13.5. The molecule has 1 saturated heterocycles. The first-order valence-corrected chi connectivity index (χ1v) is 13.3. The lowest BCUT2D eigenvalue weighted by Gasteiger charge is -2.21. The van der Waals surface area contributed by atoms with Gasteiger partial charge in [-0.15, -0.1) is 13.2 Å². The molecule has 0 N–H and O–H groups in total. The highest BCUT2D eigenvalue weighted by molar-refractivity contribution is 7.89. The number of alkyl halides is 3. The summed E-state index contributed by atoms with van der Waals surface area (Å²) >= 11 is 0. The summed E-state index contributed by atoms with van der Waals surface area (Å²) in [5, 5.41) is -0.0485. The number of Topliss-reactive ketones (excluding diaryl/α,β-unsaturated/α-hetero) is 1. The molecule has 4 aromatic rings. The van der Waals surface area contributed by atoms with Gasteiger partial charge in [0, 0.05) is 35.7 Å². The van der Waals surface area contributed by atoms with Gasteiger partial charge in [0.1, 0.15) is 23.5 Å². The molecule has 8 nitrogen and oxygen atoms in total. The van der Waals surface area contributed by atoms with Crippen molar-refractivity contribution in [2.45, 2.75) is 43.2 Å². The number of sulfonamides is 1. The standard InChI is InChI=1S/C26H21F4N3O5S/c27-18-5-10-24-17(12-18)13-25(37-24)39(35,36)33-11-1-2-22(33)23(34)9-6-19-14-21(32-15-31-19)16-3-7-20(8-4-16)38-26(28,29)30/h3-5,7-8,10,12-15,22H,1-2,6,9,11H2/t22-/m0/s1. The zero-order valence-corrected chi connectivity index (χ0v) is 21.0. The van der Waals surface area contributed by atoms with E-state index in [1.807, 2.05) is 0 Å². The van der Waals surface area contributed by atoms with Crippen LogP contribution in [0.4, 0.5) is 17.6 Å². The van der Waals surface area contributed by atoms with E-state index in [1.165, 1.54) is 54.9 Å². The first kappa shape index (κ1) is 26.8. The van der Waals surface area contributed by atoms with Crippen molar-refractivity contribution < 1.29 is 39.9 Å². The van der Waals surface area contributed by atoms with Gasteiger partial charge in [-0.1, -0.05) is 0 Å². The lowest BCUT2D eigenvalue weighted by atomic mass is 10.0. The molecule has 0 spiro atoms. The van der Waals surface area contributed by atoms with E-state index < -0.39 is 28.2 Å². The molecule has 1 aliphatic rings. The zero-order chi connectivity index (χ0) is 27.8. The molecule has 13 heteroatoms. The monoisotopic (exact) mass is 563 g/mol. The van der Waals surface area contributed by atoms with Gasteiger partial charge in [-0.05, 0) is 67.8 Å². The molecule has 0 unspecified atom stereocenters. The average molecular weight is 564 g/mol. The highest BCUT2D eigenvalue weighted by Crippen LogP contribution is 2.31. The van der Waals surface area contributed by atoms with E-state index >= 15 is 0 Å². The number of ketones is 1. The van der Waals surface area contributed by atoms with Crippen molar-refractivity contribution in [3.05, 3.63) is 72.4 Å². The summed E-state index contributed by atoms with van der Waals surface area (Å²) in [5.41, 5.74) is 1.70. The van der Waals surface area contributed by atoms with Crippen molar-refractivity contribution in [2.24, 2.45) is 0 Å². The van der Waals surface area contributed by atoms with Gasteiger partial charge in [0.15, 0.2) is 5.78 Å². The lowest BCUT2D eigenvalue weighted by molar-refractivity contribution is -0.274. The molecule has 2 aromatic carbocycles. The van der Waals surface area contributed by atoms with Gasteiger partial charge in [0.05, 0.1) is 11.7 Å². The van der Waals surface area contributed by atoms with Crippen LogP contribution >= 0.6 is 0 Å². The number of aromatic nitrogens is 2. The molecule has 0 bridgehead atoms. The number of benzene rings is 2. The molecule has 2 aromatic heterocycles. The van der Waals surface area contributed by atoms with Crippen LogP contribution in [-0.4, -0.2) is 47.4 Å². The van der Waals surface area contributed by atoms with E-state index in [0.717, 1.165) is 4.31 Å². The third kappa shape index (κ3) is 5.93. The molecule has 1 atom stereocenters. The number of rotatable bonds is 8. The van der Waals surface area contributed by atoms with Crippen molar-refractivity contribution in [2.75, 3.05) is 6.54 Å². The molecular formula is C26H21F4N3O5S. The molecular weight excluding hydrogens is 542 g/mol. The number of fused-ring (bicyclic) bond motifs is 1. The number of carbonyl (C=O) groups is 1. The van der Waals surface area contributed by atoms with Gasteiger partial charge in [-0.2, -0.15) is 4.31 Å². The number of hydrogen-bond donors (Lipinski definition) is 0. The van der Waals surface area contributed by atoms with Crippen LogP contribution in [-0.2, 0) is 21.2 Å². The quantitative estimate of drug-likeness (QED) is 0.269. The number of aryl methyl sites for hydroxylation is 1. The largest absolute Gasteiger partial charge is 0.573 e. The second-order valence-corrected chi connectivity index (χ2v) is 10.8. The van der Waals surface area contributed by atoms with Crippen LogP contribution in [0.25, 0.3) is 22.2 Å². The fourth-order valence-corrected chi connectivity index (χ4v) is 6.15. The van der Waals surface area contributed by atoms with Crippen LogP contribution in [0, 0.1) is 5.82 Å². The summed E-state index contributed by atoms with van der Waals surface area (Å²) in [4.78, 5) is 21.4. The van der Waals surface area contributed by atoms with Crippen LogP contribution in [0.1, 0.15) is 25.0 Å².